The van der Waals surface area contributed by atoms with Gasteiger partial charge in [-0.3, -0.25) is 13.9 Å². The number of methoxy groups -OCH3 is 2. The number of hydrogen-bond acceptors (Lipinski definition) is 6. The summed E-state index contributed by atoms with van der Waals surface area (Å²) in [6.45, 7) is 0.772. The van der Waals surface area contributed by atoms with Gasteiger partial charge in [-0.25, -0.2) is 8.42 Å². The lowest BCUT2D eigenvalue weighted by Gasteiger charge is -2.25. The smallest absolute Gasteiger partial charge is 0.264 e. The summed E-state index contributed by atoms with van der Waals surface area (Å²) >= 11 is 6.04. The molecule has 1 saturated heterocycles. The topological polar surface area (TPSA) is 105 Å². The third-order valence-electron chi connectivity index (χ3n) is 6.67. The Morgan fingerprint density at radius 3 is 2.20 bits per heavy atom. The first-order valence-corrected chi connectivity index (χ1v) is 14.7. The Morgan fingerprint density at radius 1 is 0.900 bits per heavy atom. The molecule has 0 unspecified atom stereocenters. The van der Waals surface area contributed by atoms with Crippen LogP contribution in [0.5, 0.6) is 11.5 Å². The number of carbonyl (C=O) groups is 2. The Bertz CT molecular complexity index is 1450. The van der Waals surface area contributed by atoms with Crippen LogP contribution in [0.3, 0.4) is 0 Å². The highest BCUT2D eigenvalue weighted by molar-refractivity contribution is 7.92. The summed E-state index contributed by atoms with van der Waals surface area (Å²) in [4.78, 5) is 28.4. The summed E-state index contributed by atoms with van der Waals surface area (Å²) in [6.07, 6.45) is 4.03. The molecule has 0 spiro atoms. The van der Waals surface area contributed by atoms with Gasteiger partial charge in [0.2, 0.25) is 5.91 Å². The van der Waals surface area contributed by atoms with Gasteiger partial charge in [-0.1, -0.05) is 36.6 Å². The number of ether oxygens (including phenoxy) is 2. The van der Waals surface area contributed by atoms with Crippen LogP contribution in [-0.2, 0) is 14.8 Å². The van der Waals surface area contributed by atoms with Crippen LogP contribution in [0, 0.1) is 0 Å². The number of halogens is 1. The quantitative estimate of drug-likeness (QED) is 0.370. The minimum atomic E-state index is -4.24. The summed E-state index contributed by atoms with van der Waals surface area (Å²) in [5.41, 5.74) is 0.920. The van der Waals surface area contributed by atoms with Gasteiger partial charge in [0.05, 0.1) is 36.1 Å². The number of anilines is 2. The molecule has 0 radical (unpaired) electrons. The molecular weight excluding hydrogens is 554 g/mol. The van der Waals surface area contributed by atoms with Crippen LogP contribution >= 0.6 is 11.6 Å². The maximum atomic E-state index is 13.8. The van der Waals surface area contributed by atoms with Crippen LogP contribution in [-0.4, -0.2) is 59.0 Å². The largest absolute Gasteiger partial charge is 0.493 e. The highest BCUT2D eigenvalue weighted by Crippen LogP contribution is 2.32. The standard InChI is InChI=1S/C29H32ClN3O6S/c1-38-26-16-15-23(19-27(26)39-2)40(36,37)33(22-13-11-21(30)12-14-22)20-28(34)31-25-10-6-5-9-24(25)29(35)32-17-7-3-4-8-18-32/h5-6,9-16,19H,3-4,7-8,17-18,20H2,1-2H3,(H,31,34). The summed E-state index contributed by atoms with van der Waals surface area (Å²) in [5, 5.41) is 3.17. The molecule has 0 saturated carbocycles. The van der Waals surface area contributed by atoms with Crippen molar-refractivity contribution in [1.29, 1.82) is 0 Å². The average molecular weight is 586 g/mol. The van der Waals surface area contributed by atoms with Gasteiger partial charge < -0.3 is 19.7 Å². The molecule has 3 aromatic rings. The molecule has 11 heteroatoms. The van der Waals surface area contributed by atoms with Gasteiger partial charge in [0.15, 0.2) is 11.5 Å². The summed E-state index contributed by atoms with van der Waals surface area (Å²) in [7, 11) is -1.38. The molecule has 2 amide bonds. The minimum Gasteiger partial charge on any atom is -0.493 e. The van der Waals surface area contributed by atoms with Crippen molar-refractivity contribution >= 4 is 44.8 Å². The van der Waals surface area contributed by atoms with Crippen LogP contribution in [0.15, 0.2) is 71.6 Å². The van der Waals surface area contributed by atoms with Crippen LogP contribution in [0.1, 0.15) is 36.0 Å². The number of likely N-dealkylation sites (tertiary alicyclic amines) is 1. The van der Waals surface area contributed by atoms with Gasteiger partial charge >= 0.3 is 0 Å². The first kappa shape index (κ1) is 29.2. The van der Waals surface area contributed by atoms with Crippen LogP contribution in [0.4, 0.5) is 11.4 Å². The molecule has 9 nitrogen and oxygen atoms in total. The van der Waals surface area contributed by atoms with E-state index >= 15 is 0 Å². The van der Waals surface area contributed by atoms with Crippen LogP contribution in [0.25, 0.3) is 0 Å². The fourth-order valence-corrected chi connectivity index (χ4v) is 6.13. The predicted molar refractivity (Wildman–Crippen MR) is 155 cm³/mol. The SMILES string of the molecule is COc1ccc(S(=O)(=O)N(CC(=O)Nc2ccccc2C(=O)N2CCCCCC2)c2ccc(Cl)cc2)cc1OC. The Balaban J connectivity index is 1.63. The molecule has 0 aliphatic carbocycles. The molecule has 1 fully saturated rings. The number of benzene rings is 3. The van der Waals surface area contributed by atoms with Gasteiger partial charge in [-0.15, -0.1) is 0 Å². The Hall–Kier alpha value is -3.76. The third kappa shape index (κ3) is 6.68. The highest BCUT2D eigenvalue weighted by atomic mass is 35.5. The van der Waals surface area contributed by atoms with E-state index < -0.39 is 22.5 Å². The Morgan fingerprint density at radius 2 is 1.55 bits per heavy atom. The number of hydrogen-bond donors (Lipinski definition) is 1. The van der Waals surface area contributed by atoms with Gasteiger partial charge in [0.1, 0.15) is 6.54 Å². The van der Waals surface area contributed by atoms with Crippen molar-refractivity contribution in [1.82, 2.24) is 4.90 Å². The van der Waals surface area contributed by atoms with E-state index in [1.54, 1.807) is 41.3 Å². The molecule has 4 rings (SSSR count). The van der Waals surface area contributed by atoms with Gasteiger partial charge in [0, 0.05) is 24.2 Å². The third-order valence-corrected chi connectivity index (χ3v) is 8.69. The van der Waals surface area contributed by atoms with E-state index in [2.05, 4.69) is 5.32 Å². The Labute approximate surface area is 239 Å². The molecule has 0 aromatic heterocycles. The molecule has 40 heavy (non-hydrogen) atoms. The first-order valence-electron chi connectivity index (χ1n) is 12.9. The van der Waals surface area contributed by atoms with E-state index in [0.717, 1.165) is 30.0 Å². The number of para-hydroxylation sites is 1. The fraction of sp³-hybridized carbons (Fsp3) is 0.310. The summed E-state index contributed by atoms with van der Waals surface area (Å²) in [5.74, 6) is -0.187. The van der Waals surface area contributed by atoms with E-state index in [-0.39, 0.29) is 22.2 Å². The molecule has 0 bridgehead atoms. The molecule has 1 aliphatic heterocycles. The van der Waals surface area contributed by atoms with Crippen molar-refractivity contribution < 1.29 is 27.5 Å². The zero-order valence-electron chi connectivity index (χ0n) is 22.4. The van der Waals surface area contributed by atoms with E-state index in [4.69, 9.17) is 21.1 Å². The van der Waals surface area contributed by atoms with Crippen molar-refractivity contribution in [3.8, 4) is 11.5 Å². The second-order valence-corrected chi connectivity index (χ2v) is 11.6. The second-order valence-electron chi connectivity index (χ2n) is 9.31. The summed E-state index contributed by atoms with van der Waals surface area (Å²) < 4.78 is 39.2. The number of amides is 2. The zero-order chi connectivity index (χ0) is 28.7. The van der Waals surface area contributed by atoms with Crippen LogP contribution < -0.4 is 19.1 Å². The minimum absolute atomic E-state index is 0.0929. The predicted octanol–water partition coefficient (Wildman–Crippen LogP) is 5.21. The number of nitrogens with zero attached hydrogens (tertiary/aromatic N) is 2. The lowest BCUT2D eigenvalue weighted by atomic mass is 10.1. The lowest BCUT2D eigenvalue weighted by Crippen LogP contribution is -2.38. The lowest BCUT2D eigenvalue weighted by molar-refractivity contribution is -0.114. The van der Waals surface area contributed by atoms with Crippen molar-refractivity contribution in [2.75, 3.05) is 43.5 Å². The molecule has 1 aliphatic rings. The van der Waals surface area contributed by atoms with Crippen LogP contribution in [0.2, 0.25) is 5.02 Å². The number of nitrogens with one attached hydrogen (secondary N) is 1. The van der Waals surface area contributed by atoms with E-state index in [1.165, 1.54) is 44.6 Å². The van der Waals surface area contributed by atoms with Crippen molar-refractivity contribution in [3.05, 3.63) is 77.3 Å². The van der Waals surface area contributed by atoms with Gasteiger partial charge in [0.25, 0.3) is 15.9 Å². The molecular formula is C29H32ClN3O6S. The number of sulfonamides is 1. The first-order chi connectivity index (χ1) is 19.2. The molecule has 1 heterocycles. The molecule has 212 valence electrons. The highest BCUT2D eigenvalue weighted by Gasteiger charge is 2.29. The van der Waals surface area contributed by atoms with E-state index in [0.29, 0.717) is 35.1 Å². The van der Waals surface area contributed by atoms with E-state index in [1.807, 2.05) is 0 Å². The van der Waals surface area contributed by atoms with Gasteiger partial charge in [-0.05, 0) is 61.4 Å². The van der Waals surface area contributed by atoms with Crippen molar-refractivity contribution in [3.63, 3.8) is 0 Å². The monoisotopic (exact) mass is 585 g/mol. The molecule has 1 N–H and O–H groups in total. The maximum absolute atomic E-state index is 13.8. The van der Waals surface area contributed by atoms with Gasteiger partial charge in [-0.2, -0.15) is 0 Å². The Kier molecular flexibility index (Phi) is 9.54. The van der Waals surface area contributed by atoms with Crippen molar-refractivity contribution in [2.24, 2.45) is 0 Å². The maximum Gasteiger partial charge on any atom is 0.264 e. The fourth-order valence-electron chi connectivity index (χ4n) is 4.57. The van der Waals surface area contributed by atoms with E-state index in [9.17, 15) is 18.0 Å². The van der Waals surface area contributed by atoms with Crippen molar-refractivity contribution in [2.45, 2.75) is 30.6 Å². The number of rotatable bonds is 9. The molecule has 3 aromatic carbocycles. The zero-order valence-corrected chi connectivity index (χ0v) is 24.0. The second kappa shape index (κ2) is 13.1. The number of carbonyl (C=O) groups excluding carboxylic acids is 2. The average Bonchev–Trinajstić information content (AvgIpc) is 3.26. The summed E-state index contributed by atoms with van der Waals surface area (Å²) in [6, 6.07) is 17.1. The molecule has 0 atom stereocenters. The normalized spacial score (nSPS) is 13.7.